The van der Waals surface area contributed by atoms with Gasteiger partial charge in [-0.2, -0.15) is 0 Å². The average Bonchev–Trinajstić information content (AvgIpc) is 2.05. The molecule has 0 aliphatic rings. The maximum Gasteiger partial charge on any atom is 0.121 e. The number of hydrogen-bond acceptors (Lipinski definition) is 1. The molecule has 0 spiro atoms. The highest BCUT2D eigenvalue weighted by molar-refractivity contribution is 5.32. The quantitative estimate of drug-likeness (QED) is 0.483. The zero-order valence-corrected chi connectivity index (χ0v) is 7.35. The van der Waals surface area contributed by atoms with Crippen LogP contribution in [0.3, 0.4) is 0 Å². The molecular formula is C10H16O. The second-order valence-corrected chi connectivity index (χ2v) is 2.39. The Morgan fingerprint density at radius 1 is 1.36 bits per heavy atom. The molecule has 0 atom stereocenters. The van der Waals surface area contributed by atoms with Crippen molar-refractivity contribution in [1.29, 1.82) is 0 Å². The van der Waals surface area contributed by atoms with E-state index in [9.17, 15) is 5.11 Å². The molecule has 0 saturated heterocycles. The summed E-state index contributed by atoms with van der Waals surface area (Å²) >= 11 is 0. The highest BCUT2D eigenvalue weighted by Gasteiger charge is 2.01. The third kappa shape index (κ3) is 2.62. The molecule has 0 bridgehead atoms. The molecule has 0 aromatic rings. The van der Waals surface area contributed by atoms with E-state index in [0.717, 1.165) is 24.0 Å². The van der Waals surface area contributed by atoms with Crippen LogP contribution in [0.4, 0.5) is 0 Å². The fraction of sp³-hybridized carbons (Fsp3) is 0.400. The normalized spacial score (nSPS) is 12.2. The van der Waals surface area contributed by atoms with Crippen LogP contribution in [-0.2, 0) is 0 Å². The summed E-state index contributed by atoms with van der Waals surface area (Å²) in [6.07, 6.45) is 3.26. The van der Waals surface area contributed by atoms with Crippen molar-refractivity contribution in [1.82, 2.24) is 0 Å². The largest absolute Gasteiger partial charge is 0.507 e. The van der Waals surface area contributed by atoms with E-state index in [1.807, 2.05) is 13.8 Å². The van der Waals surface area contributed by atoms with Crippen LogP contribution < -0.4 is 0 Å². The first kappa shape index (κ1) is 10.0. The minimum Gasteiger partial charge on any atom is -0.507 e. The summed E-state index contributed by atoms with van der Waals surface area (Å²) in [5.74, 6) is 0.310. The molecule has 0 radical (unpaired) electrons. The molecule has 0 rings (SSSR count). The van der Waals surface area contributed by atoms with Crippen molar-refractivity contribution in [2.75, 3.05) is 0 Å². The summed E-state index contributed by atoms with van der Waals surface area (Å²) in [5, 5.41) is 9.49. The minimum atomic E-state index is 0.310. The highest BCUT2D eigenvalue weighted by Crippen LogP contribution is 2.16. The van der Waals surface area contributed by atoms with Crippen molar-refractivity contribution < 1.29 is 5.11 Å². The first-order chi connectivity index (χ1) is 5.17. The van der Waals surface area contributed by atoms with Crippen LogP contribution in [0, 0.1) is 0 Å². The van der Waals surface area contributed by atoms with E-state index < -0.39 is 0 Å². The molecule has 0 saturated carbocycles. The number of rotatable bonds is 4. The van der Waals surface area contributed by atoms with Crippen LogP contribution in [0.5, 0.6) is 0 Å². The Bertz CT molecular complexity index is 187. The first-order valence-electron chi connectivity index (χ1n) is 3.90. The molecular weight excluding hydrogens is 136 g/mol. The molecule has 0 fully saturated rings. The van der Waals surface area contributed by atoms with Gasteiger partial charge < -0.3 is 5.11 Å². The molecule has 0 amide bonds. The smallest absolute Gasteiger partial charge is 0.121 e. The number of allylic oxidation sites excluding steroid dienone is 3. The standard InChI is InChI=1S/C10H16O/c1-5-8(4)10(11)9(6-2)7-3/h6,11H,2,4-5,7H2,1,3H3/b10-9-. The zero-order valence-electron chi connectivity index (χ0n) is 7.35. The monoisotopic (exact) mass is 152 g/mol. The molecule has 0 aromatic heterocycles. The minimum absolute atomic E-state index is 0.310. The molecule has 0 aliphatic carbocycles. The average molecular weight is 152 g/mol. The van der Waals surface area contributed by atoms with E-state index in [-0.39, 0.29) is 0 Å². The predicted molar refractivity (Wildman–Crippen MR) is 49.6 cm³/mol. The van der Waals surface area contributed by atoms with E-state index in [1.54, 1.807) is 6.08 Å². The van der Waals surface area contributed by atoms with Gasteiger partial charge in [0.1, 0.15) is 5.76 Å². The molecule has 62 valence electrons. The van der Waals surface area contributed by atoms with Crippen LogP contribution in [0.1, 0.15) is 26.7 Å². The molecule has 0 aliphatic heterocycles. The number of hydrogen-bond donors (Lipinski definition) is 1. The molecule has 1 nitrogen and oxygen atoms in total. The van der Waals surface area contributed by atoms with Crippen molar-refractivity contribution in [3.8, 4) is 0 Å². The van der Waals surface area contributed by atoms with Crippen molar-refractivity contribution in [3.05, 3.63) is 36.1 Å². The summed E-state index contributed by atoms with van der Waals surface area (Å²) in [6, 6.07) is 0. The van der Waals surface area contributed by atoms with Crippen LogP contribution in [0.2, 0.25) is 0 Å². The van der Waals surface area contributed by atoms with E-state index in [1.165, 1.54) is 0 Å². The summed E-state index contributed by atoms with van der Waals surface area (Å²) < 4.78 is 0. The summed E-state index contributed by atoms with van der Waals surface area (Å²) in [6.45, 7) is 11.3. The van der Waals surface area contributed by atoms with Crippen LogP contribution in [0.25, 0.3) is 0 Å². The van der Waals surface area contributed by atoms with Gasteiger partial charge in [0.05, 0.1) is 0 Å². The van der Waals surface area contributed by atoms with Gasteiger partial charge in [-0.15, -0.1) is 0 Å². The first-order valence-corrected chi connectivity index (χ1v) is 3.90. The van der Waals surface area contributed by atoms with Crippen LogP contribution in [-0.4, -0.2) is 5.11 Å². The van der Waals surface area contributed by atoms with Gasteiger partial charge in [-0.1, -0.05) is 33.1 Å². The fourth-order valence-electron chi connectivity index (χ4n) is 0.803. The Hall–Kier alpha value is -0.980. The van der Waals surface area contributed by atoms with Gasteiger partial charge in [0.25, 0.3) is 0 Å². The van der Waals surface area contributed by atoms with Gasteiger partial charge in [-0.3, -0.25) is 0 Å². The van der Waals surface area contributed by atoms with Gasteiger partial charge in [-0.05, 0) is 24.0 Å². The van der Waals surface area contributed by atoms with Gasteiger partial charge in [0, 0.05) is 0 Å². The third-order valence-corrected chi connectivity index (χ3v) is 1.69. The fourth-order valence-corrected chi connectivity index (χ4v) is 0.803. The van der Waals surface area contributed by atoms with Crippen molar-refractivity contribution >= 4 is 0 Å². The topological polar surface area (TPSA) is 20.2 Å². The highest BCUT2D eigenvalue weighted by atomic mass is 16.3. The Balaban J connectivity index is 4.60. The van der Waals surface area contributed by atoms with Gasteiger partial charge in [-0.25, -0.2) is 0 Å². The van der Waals surface area contributed by atoms with Crippen LogP contribution in [0.15, 0.2) is 36.1 Å². The Labute approximate surface area is 68.7 Å². The Kier molecular flexibility index (Phi) is 4.35. The summed E-state index contributed by atoms with van der Waals surface area (Å²) in [5.41, 5.74) is 1.65. The molecule has 0 heterocycles. The lowest BCUT2D eigenvalue weighted by atomic mass is 10.1. The lowest BCUT2D eigenvalue weighted by Gasteiger charge is -2.05. The van der Waals surface area contributed by atoms with E-state index in [4.69, 9.17) is 0 Å². The van der Waals surface area contributed by atoms with E-state index in [0.29, 0.717) is 5.76 Å². The Morgan fingerprint density at radius 2 is 1.91 bits per heavy atom. The molecule has 0 unspecified atom stereocenters. The maximum absolute atomic E-state index is 9.49. The SMILES string of the molecule is C=C/C(CC)=C(/O)C(=C)CC. The zero-order chi connectivity index (χ0) is 8.85. The summed E-state index contributed by atoms with van der Waals surface area (Å²) in [7, 11) is 0. The second-order valence-electron chi connectivity index (χ2n) is 2.39. The van der Waals surface area contributed by atoms with Crippen molar-refractivity contribution in [2.24, 2.45) is 0 Å². The molecule has 1 heteroatoms. The summed E-state index contributed by atoms with van der Waals surface area (Å²) in [4.78, 5) is 0. The predicted octanol–water partition coefficient (Wildman–Crippen LogP) is 3.36. The lowest BCUT2D eigenvalue weighted by Crippen LogP contribution is -1.90. The van der Waals surface area contributed by atoms with Crippen molar-refractivity contribution in [2.45, 2.75) is 26.7 Å². The molecule has 0 aromatic carbocycles. The number of aliphatic hydroxyl groups excluding tert-OH is 1. The molecule has 1 N–H and O–H groups in total. The Morgan fingerprint density at radius 3 is 2.18 bits per heavy atom. The molecule has 11 heavy (non-hydrogen) atoms. The van der Waals surface area contributed by atoms with E-state index >= 15 is 0 Å². The van der Waals surface area contributed by atoms with E-state index in [2.05, 4.69) is 13.2 Å². The maximum atomic E-state index is 9.49. The van der Waals surface area contributed by atoms with Gasteiger partial charge >= 0.3 is 0 Å². The second kappa shape index (κ2) is 4.78. The van der Waals surface area contributed by atoms with Gasteiger partial charge in [0.15, 0.2) is 0 Å². The van der Waals surface area contributed by atoms with Crippen molar-refractivity contribution in [3.63, 3.8) is 0 Å². The third-order valence-electron chi connectivity index (χ3n) is 1.69. The number of aliphatic hydroxyl groups is 1. The lowest BCUT2D eigenvalue weighted by molar-refractivity contribution is 0.413. The van der Waals surface area contributed by atoms with Gasteiger partial charge in [0.2, 0.25) is 0 Å². The van der Waals surface area contributed by atoms with Crippen LogP contribution >= 0.6 is 0 Å².